The van der Waals surface area contributed by atoms with Gasteiger partial charge in [-0.2, -0.15) is 0 Å². The number of aliphatic carboxylic acids is 1. The fraction of sp³-hybridized carbons (Fsp3) is 0.840. The number of carbonyl (C=O) groups excluding carboxylic acids is 3. The van der Waals surface area contributed by atoms with Crippen LogP contribution in [0.2, 0.25) is 0 Å². The number of alkyl carbamates (subject to hydrolysis) is 1. The Kier molecular flexibility index (Phi) is 10.2. The Morgan fingerprint density at radius 2 is 1.56 bits per heavy atom. The average molecular weight is 482 g/mol. The van der Waals surface area contributed by atoms with Gasteiger partial charge in [0.25, 0.3) is 0 Å². The van der Waals surface area contributed by atoms with Crippen LogP contribution in [0.3, 0.4) is 0 Å². The number of carbonyl (C=O) groups is 4. The number of ether oxygens (including phenoxy) is 1. The third-order valence-electron chi connectivity index (χ3n) is 6.63. The topological polar surface area (TPSA) is 125 Å². The first kappa shape index (κ1) is 27.9. The minimum atomic E-state index is -0.722. The quantitative estimate of drug-likeness (QED) is 0.489. The normalized spacial score (nSPS) is 22.7. The molecule has 0 aromatic heterocycles. The zero-order valence-electron chi connectivity index (χ0n) is 21.4. The average Bonchev–Trinajstić information content (AvgIpc) is 2.75. The van der Waals surface area contributed by atoms with Crippen molar-refractivity contribution in [2.45, 2.75) is 91.2 Å². The lowest BCUT2D eigenvalue weighted by Gasteiger charge is -2.35. The molecular weight excluding hydrogens is 438 g/mol. The zero-order chi connectivity index (χ0) is 25.5. The van der Waals surface area contributed by atoms with E-state index in [0.29, 0.717) is 57.7 Å². The van der Waals surface area contributed by atoms with Crippen LogP contribution >= 0.6 is 0 Å². The van der Waals surface area contributed by atoms with Crippen LogP contribution in [0.1, 0.15) is 79.6 Å². The molecule has 0 spiro atoms. The molecule has 1 heterocycles. The number of piperidine rings is 1. The van der Waals surface area contributed by atoms with E-state index in [4.69, 9.17) is 9.84 Å². The lowest BCUT2D eigenvalue weighted by Crippen LogP contribution is -2.52. The van der Waals surface area contributed by atoms with Gasteiger partial charge in [-0.3, -0.25) is 14.4 Å². The summed E-state index contributed by atoms with van der Waals surface area (Å²) in [5.41, 5.74) is -0.642. The first-order chi connectivity index (χ1) is 15.9. The predicted octanol–water partition coefficient (Wildman–Crippen LogP) is 3.17. The number of nitrogens with zero attached hydrogens (tertiary/aromatic N) is 1. The van der Waals surface area contributed by atoms with E-state index in [9.17, 15) is 19.2 Å². The summed E-state index contributed by atoms with van der Waals surface area (Å²) in [7, 11) is 0. The standard InChI is InChI=1S/C25H43N3O6/c1-16(2)14-20(27-24(33)34-25(3,4)5)22(30)28-12-10-18(11-13-28)21(29)26-15-17-6-8-19(9-7-17)23(31)32/h16-20H,6-15H2,1-5H3,(H,26,29)(H,27,33)(H,31,32)/t17?,19?,20-/m0/s1. The van der Waals surface area contributed by atoms with Gasteiger partial charge < -0.3 is 25.4 Å². The smallest absolute Gasteiger partial charge is 0.408 e. The van der Waals surface area contributed by atoms with Crippen LogP contribution < -0.4 is 10.6 Å². The molecule has 9 heteroatoms. The van der Waals surface area contributed by atoms with E-state index < -0.39 is 23.7 Å². The maximum absolute atomic E-state index is 13.1. The van der Waals surface area contributed by atoms with Crippen LogP contribution in [0, 0.1) is 23.7 Å². The highest BCUT2D eigenvalue weighted by atomic mass is 16.6. The summed E-state index contributed by atoms with van der Waals surface area (Å²) in [6, 6.07) is -0.652. The first-order valence-electron chi connectivity index (χ1n) is 12.6. The van der Waals surface area contributed by atoms with E-state index in [-0.39, 0.29) is 29.6 Å². The fourth-order valence-electron chi connectivity index (χ4n) is 4.73. The number of nitrogens with one attached hydrogen (secondary N) is 2. The number of hydrogen-bond acceptors (Lipinski definition) is 5. The molecule has 0 unspecified atom stereocenters. The Morgan fingerprint density at radius 3 is 2.06 bits per heavy atom. The molecular formula is C25H43N3O6. The molecule has 194 valence electrons. The van der Waals surface area contributed by atoms with Gasteiger partial charge >= 0.3 is 12.1 Å². The monoisotopic (exact) mass is 481 g/mol. The molecule has 0 aromatic rings. The van der Waals surface area contributed by atoms with Gasteiger partial charge in [0.1, 0.15) is 11.6 Å². The molecule has 2 fully saturated rings. The van der Waals surface area contributed by atoms with E-state index in [1.807, 2.05) is 13.8 Å². The summed E-state index contributed by atoms with van der Waals surface area (Å²) in [6.07, 6.45) is 4.09. The van der Waals surface area contributed by atoms with Crippen molar-refractivity contribution in [1.29, 1.82) is 0 Å². The molecule has 0 bridgehead atoms. The Labute approximate surface area is 203 Å². The molecule has 1 saturated heterocycles. The Morgan fingerprint density at radius 1 is 0.971 bits per heavy atom. The van der Waals surface area contributed by atoms with Crippen molar-refractivity contribution in [1.82, 2.24) is 15.5 Å². The van der Waals surface area contributed by atoms with E-state index in [1.165, 1.54) is 0 Å². The number of hydrogen-bond donors (Lipinski definition) is 3. The molecule has 2 aliphatic rings. The Balaban J connectivity index is 1.80. The van der Waals surface area contributed by atoms with Gasteiger partial charge in [0.05, 0.1) is 5.92 Å². The maximum Gasteiger partial charge on any atom is 0.408 e. The van der Waals surface area contributed by atoms with Crippen LogP contribution in [-0.2, 0) is 19.1 Å². The number of likely N-dealkylation sites (tertiary alicyclic amines) is 1. The second-order valence-corrected chi connectivity index (χ2v) is 11.2. The highest BCUT2D eigenvalue weighted by Gasteiger charge is 2.33. The third-order valence-corrected chi connectivity index (χ3v) is 6.63. The van der Waals surface area contributed by atoms with E-state index in [2.05, 4.69) is 10.6 Å². The summed E-state index contributed by atoms with van der Waals surface area (Å²) in [6.45, 7) is 10.9. The van der Waals surface area contributed by atoms with Crippen molar-refractivity contribution in [3.05, 3.63) is 0 Å². The molecule has 0 aromatic carbocycles. The highest BCUT2D eigenvalue weighted by Crippen LogP contribution is 2.28. The maximum atomic E-state index is 13.1. The molecule has 1 atom stereocenters. The largest absolute Gasteiger partial charge is 0.481 e. The number of carboxylic acids is 1. The van der Waals surface area contributed by atoms with Crippen molar-refractivity contribution in [3.63, 3.8) is 0 Å². The van der Waals surface area contributed by atoms with Gasteiger partial charge in [0.2, 0.25) is 11.8 Å². The van der Waals surface area contributed by atoms with Crippen molar-refractivity contribution in [2.75, 3.05) is 19.6 Å². The van der Waals surface area contributed by atoms with Crippen molar-refractivity contribution in [2.24, 2.45) is 23.7 Å². The molecule has 3 N–H and O–H groups in total. The van der Waals surface area contributed by atoms with Gasteiger partial charge in [-0.05, 0) is 77.6 Å². The summed E-state index contributed by atoms with van der Waals surface area (Å²) < 4.78 is 5.33. The van der Waals surface area contributed by atoms with Gasteiger partial charge in [0.15, 0.2) is 0 Å². The Bertz CT molecular complexity index is 717. The molecule has 1 aliphatic heterocycles. The molecule has 34 heavy (non-hydrogen) atoms. The minimum absolute atomic E-state index is 0.0121. The summed E-state index contributed by atoms with van der Waals surface area (Å²) in [4.78, 5) is 50.9. The molecule has 1 saturated carbocycles. The zero-order valence-corrected chi connectivity index (χ0v) is 21.4. The van der Waals surface area contributed by atoms with Crippen molar-refractivity contribution in [3.8, 4) is 0 Å². The molecule has 9 nitrogen and oxygen atoms in total. The molecule has 2 rings (SSSR count). The lowest BCUT2D eigenvalue weighted by atomic mass is 9.82. The van der Waals surface area contributed by atoms with E-state index in [0.717, 1.165) is 12.8 Å². The number of rotatable bonds is 8. The van der Waals surface area contributed by atoms with Crippen LogP contribution in [0.4, 0.5) is 4.79 Å². The fourth-order valence-corrected chi connectivity index (χ4v) is 4.73. The van der Waals surface area contributed by atoms with Gasteiger partial charge in [-0.25, -0.2) is 4.79 Å². The van der Waals surface area contributed by atoms with Crippen LogP contribution in [-0.4, -0.2) is 65.2 Å². The summed E-state index contributed by atoms with van der Waals surface area (Å²) in [5, 5.41) is 14.9. The van der Waals surface area contributed by atoms with Gasteiger partial charge in [0, 0.05) is 25.6 Å². The van der Waals surface area contributed by atoms with E-state index in [1.54, 1.807) is 25.7 Å². The summed E-state index contributed by atoms with van der Waals surface area (Å²) >= 11 is 0. The predicted molar refractivity (Wildman–Crippen MR) is 128 cm³/mol. The van der Waals surface area contributed by atoms with Crippen molar-refractivity contribution >= 4 is 23.9 Å². The van der Waals surface area contributed by atoms with Crippen LogP contribution in [0.25, 0.3) is 0 Å². The highest BCUT2D eigenvalue weighted by molar-refractivity contribution is 5.86. The lowest BCUT2D eigenvalue weighted by molar-refractivity contribution is -0.143. The molecule has 1 aliphatic carbocycles. The summed E-state index contributed by atoms with van der Waals surface area (Å²) in [5.74, 6) is -0.679. The number of amides is 3. The first-order valence-corrected chi connectivity index (χ1v) is 12.6. The van der Waals surface area contributed by atoms with Crippen LogP contribution in [0.5, 0.6) is 0 Å². The minimum Gasteiger partial charge on any atom is -0.481 e. The van der Waals surface area contributed by atoms with Gasteiger partial charge in [-0.1, -0.05) is 13.8 Å². The second kappa shape index (κ2) is 12.4. The third kappa shape index (κ3) is 9.14. The van der Waals surface area contributed by atoms with Crippen LogP contribution in [0.15, 0.2) is 0 Å². The molecule has 0 radical (unpaired) electrons. The second-order valence-electron chi connectivity index (χ2n) is 11.2. The Hall–Kier alpha value is -2.32. The number of carboxylic acid groups (broad SMARTS) is 1. The van der Waals surface area contributed by atoms with E-state index >= 15 is 0 Å². The van der Waals surface area contributed by atoms with Crippen molar-refractivity contribution < 1.29 is 29.0 Å². The van der Waals surface area contributed by atoms with Gasteiger partial charge in [-0.15, -0.1) is 0 Å². The SMILES string of the molecule is CC(C)C[C@H](NC(=O)OC(C)(C)C)C(=O)N1CCC(C(=O)NCC2CCC(C(=O)O)CC2)CC1. The molecule has 3 amide bonds.